The SMILES string of the molecule is C=CCNC(=O)CCc1cnc(OC)nc1. The molecule has 0 aliphatic carbocycles. The van der Waals surface area contributed by atoms with E-state index in [0.717, 1.165) is 5.56 Å². The molecule has 0 radical (unpaired) electrons. The maximum absolute atomic E-state index is 11.3. The number of nitrogens with zero attached hydrogens (tertiary/aromatic N) is 2. The minimum atomic E-state index is -0.00396. The molecule has 5 nitrogen and oxygen atoms in total. The lowest BCUT2D eigenvalue weighted by Crippen LogP contribution is -2.23. The highest BCUT2D eigenvalue weighted by Gasteiger charge is 2.02. The van der Waals surface area contributed by atoms with Crippen LogP contribution in [0, 0.1) is 0 Å². The molecule has 1 aromatic heterocycles. The largest absolute Gasteiger partial charge is 0.467 e. The van der Waals surface area contributed by atoms with Gasteiger partial charge in [-0.05, 0) is 12.0 Å². The average Bonchev–Trinajstić information content (AvgIpc) is 2.34. The quantitative estimate of drug-likeness (QED) is 0.719. The molecule has 0 saturated heterocycles. The van der Waals surface area contributed by atoms with Gasteiger partial charge in [0.25, 0.3) is 0 Å². The standard InChI is InChI=1S/C11H15N3O2/c1-3-6-12-10(15)5-4-9-7-13-11(16-2)14-8-9/h3,7-8H,1,4-6H2,2H3,(H,12,15). The van der Waals surface area contributed by atoms with Crippen molar-refractivity contribution in [2.75, 3.05) is 13.7 Å². The number of hydrogen-bond donors (Lipinski definition) is 1. The van der Waals surface area contributed by atoms with Crippen LogP contribution in [0.1, 0.15) is 12.0 Å². The van der Waals surface area contributed by atoms with E-state index in [2.05, 4.69) is 21.9 Å². The van der Waals surface area contributed by atoms with Crippen LogP contribution < -0.4 is 10.1 Å². The summed E-state index contributed by atoms with van der Waals surface area (Å²) in [5.74, 6) is -0.00396. The average molecular weight is 221 g/mol. The fraction of sp³-hybridized carbons (Fsp3) is 0.364. The van der Waals surface area contributed by atoms with Gasteiger partial charge in [0.2, 0.25) is 5.91 Å². The molecule has 0 atom stereocenters. The van der Waals surface area contributed by atoms with E-state index < -0.39 is 0 Å². The number of nitrogens with one attached hydrogen (secondary N) is 1. The van der Waals surface area contributed by atoms with Crippen molar-refractivity contribution < 1.29 is 9.53 Å². The fourth-order valence-electron chi connectivity index (χ4n) is 1.11. The lowest BCUT2D eigenvalue weighted by atomic mass is 10.2. The molecule has 1 rings (SSSR count). The summed E-state index contributed by atoms with van der Waals surface area (Å²) in [6.07, 6.45) is 6.00. The molecule has 5 heteroatoms. The summed E-state index contributed by atoms with van der Waals surface area (Å²) in [6, 6.07) is 0.333. The highest BCUT2D eigenvalue weighted by atomic mass is 16.5. The third-order valence-corrected chi connectivity index (χ3v) is 1.95. The highest BCUT2D eigenvalue weighted by molar-refractivity contribution is 5.76. The molecular formula is C11H15N3O2. The smallest absolute Gasteiger partial charge is 0.316 e. The molecular weight excluding hydrogens is 206 g/mol. The number of amides is 1. The number of carbonyl (C=O) groups excluding carboxylic acids is 1. The van der Waals surface area contributed by atoms with Crippen LogP contribution in [0.4, 0.5) is 0 Å². The summed E-state index contributed by atoms with van der Waals surface area (Å²) in [4.78, 5) is 19.2. The second-order valence-corrected chi connectivity index (χ2v) is 3.17. The van der Waals surface area contributed by atoms with Gasteiger partial charge < -0.3 is 10.1 Å². The lowest BCUT2D eigenvalue weighted by Gasteiger charge is -2.02. The van der Waals surface area contributed by atoms with E-state index in [4.69, 9.17) is 4.74 Å². The summed E-state index contributed by atoms with van der Waals surface area (Å²) in [7, 11) is 1.51. The Morgan fingerprint density at radius 3 is 2.81 bits per heavy atom. The molecule has 16 heavy (non-hydrogen) atoms. The molecule has 0 aromatic carbocycles. The zero-order chi connectivity index (χ0) is 11.8. The Morgan fingerprint density at radius 2 is 2.25 bits per heavy atom. The first-order chi connectivity index (χ1) is 7.76. The molecule has 0 saturated carbocycles. The van der Waals surface area contributed by atoms with Gasteiger partial charge in [0.05, 0.1) is 7.11 Å². The second kappa shape index (κ2) is 6.55. The number of methoxy groups -OCH3 is 1. The summed E-state index contributed by atoms with van der Waals surface area (Å²) in [6.45, 7) is 4.02. The van der Waals surface area contributed by atoms with E-state index in [9.17, 15) is 4.79 Å². The Bertz CT molecular complexity index is 349. The summed E-state index contributed by atoms with van der Waals surface area (Å²) in [5.41, 5.74) is 0.912. The van der Waals surface area contributed by atoms with Crippen molar-refractivity contribution in [3.05, 3.63) is 30.6 Å². The van der Waals surface area contributed by atoms with Crippen LogP contribution in [0.2, 0.25) is 0 Å². The predicted molar refractivity (Wildman–Crippen MR) is 60.1 cm³/mol. The maximum atomic E-state index is 11.3. The van der Waals surface area contributed by atoms with Crippen LogP contribution >= 0.6 is 0 Å². The fourth-order valence-corrected chi connectivity index (χ4v) is 1.11. The van der Waals surface area contributed by atoms with E-state index in [-0.39, 0.29) is 5.91 Å². The van der Waals surface area contributed by atoms with Crippen LogP contribution in [0.25, 0.3) is 0 Å². The Kier molecular flexibility index (Phi) is 4.98. The van der Waals surface area contributed by atoms with E-state index >= 15 is 0 Å². The first-order valence-electron chi connectivity index (χ1n) is 4.98. The van der Waals surface area contributed by atoms with Gasteiger partial charge in [0.15, 0.2) is 0 Å². The topological polar surface area (TPSA) is 64.1 Å². The minimum absolute atomic E-state index is 0.00396. The van der Waals surface area contributed by atoms with Crippen molar-refractivity contribution in [1.82, 2.24) is 15.3 Å². The second-order valence-electron chi connectivity index (χ2n) is 3.17. The van der Waals surface area contributed by atoms with Gasteiger partial charge in [-0.25, -0.2) is 9.97 Å². The van der Waals surface area contributed by atoms with Crippen molar-refractivity contribution in [3.63, 3.8) is 0 Å². The van der Waals surface area contributed by atoms with Crippen LogP contribution in [0.3, 0.4) is 0 Å². The first-order valence-corrected chi connectivity index (χ1v) is 4.98. The molecule has 1 aromatic rings. The Hall–Kier alpha value is -1.91. The van der Waals surface area contributed by atoms with Gasteiger partial charge in [-0.15, -0.1) is 6.58 Å². The van der Waals surface area contributed by atoms with E-state index in [1.54, 1.807) is 18.5 Å². The van der Waals surface area contributed by atoms with E-state index in [0.29, 0.717) is 25.4 Å². The number of hydrogen-bond acceptors (Lipinski definition) is 4. The number of aromatic nitrogens is 2. The lowest BCUT2D eigenvalue weighted by molar-refractivity contribution is -0.120. The molecule has 0 spiro atoms. The molecule has 0 aliphatic rings. The normalized spacial score (nSPS) is 9.56. The van der Waals surface area contributed by atoms with Crippen molar-refractivity contribution in [2.45, 2.75) is 12.8 Å². The van der Waals surface area contributed by atoms with Crippen molar-refractivity contribution >= 4 is 5.91 Å². The highest BCUT2D eigenvalue weighted by Crippen LogP contribution is 2.04. The van der Waals surface area contributed by atoms with Gasteiger partial charge in [-0.3, -0.25) is 4.79 Å². The summed E-state index contributed by atoms with van der Waals surface area (Å²) >= 11 is 0. The summed E-state index contributed by atoms with van der Waals surface area (Å²) in [5, 5.41) is 2.70. The van der Waals surface area contributed by atoms with Crippen molar-refractivity contribution in [2.24, 2.45) is 0 Å². The number of carbonyl (C=O) groups is 1. The number of rotatable bonds is 6. The molecule has 1 heterocycles. The Morgan fingerprint density at radius 1 is 1.56 bits per heavy atom. The predicted octanol–water partition coefficient (Wildman–Crippen LogP) is 0.720. The molecule has 1 amide bonds. The van der Waals surface area contributed by atoms with Gasteiger partial charge in [0.1, 0.15) is 0 Å². The monoisotopic (exact) mass is 221 g/mol. The van der Waals surface area contributed by atoms with Crippen molar-refractivity contribution in [1.29, 1.82) is 0 Å². The Labute approximate surface area is 94.6 Å². The molecule has 0 bridgehead atoms. The van der Waals surface area contributed by atoms with Crippen LogP contribution in [-0.4, -0.2) is 29.5 Å². The first kappa shape index (κ1) is 12.2. The molecule has 0 unspecified atom stereocenters. The van der Waals surface area contributed by atoms with Crippen LogP contribution in [0.5, 0.6) is 6.01 Å². The molecule has 86 valence electrons. The molecule has 0 fully saturated rings. The van der Waals surface area contributed by atoms with Gasteiger partial charge in [-0.2, -0.15) is 0 Å². The van der Waals surface area contributed by atoms with E-state index in [1.165, 1.54) is 7.11 Å². The van der Waals surface area contributed by atoms with Gasteiger partial charge >= 0.3 is 6.01 Å². The zero-order valence-electron chi connectivity index (χ0n) is 9.27. The third kappa shape index (κ3) is 4.08. The third-order valence-electron chi connectivity index (χ3n) is 1.95. The minimum Gasteiger partial charge on any atom is -0.467 e. The van der Waals surface area contributed by atoms with Gasteiger partial charge in [0, 0.05) is 25.4 Å². The number of ether oxygens (including phenoxy) is 1. The molecule has 0 aliphatic heterocycles. The van der Waals surface area contributed by atoms with E-state index in [1.807, 2.05) is 0 Å². The van der Waals surface area contributed by atoms with Crippen LogP contribution in [-0.2, 0) is 11.2 Å². The number of aryl methyl sites for hydroxylation is 1. The van der Waals surface area contributed by atoms with Crippen LogP contribution in [0.15, 0.2) is 25.0 Å². The molecule has 1 N–H and O–H groups in total. The Balaban J connectivity index is 2.36. The van der Waals surface area contributed by atoms with Gasteiger partial charge in [-0.1, -0.05) is 6.08 Å². The zero-order valence-corrected chi connectivity index (χ0v) is 9.27. The maximum Gasteiger partial charge on any atom is 0.316 e. The summed E-state index contributed by atoms with van der Waals surface area (Å²) < 4.78 is 4.84. The van der Waals surface area contributed by atoms with Crippen molar-refractivity contribution in [3.8, 4) is 6.01 Å².